The zero-order chi connectivity index (χ0) is 16.7. The van der Waals surface area contributed by atoms with Gasteiger partial charge in [-0.25, -0.2) is 0 Å². The van der Waals surface area contributed by atoms with E-state index in [4.69, 9.17) is 17.3 Å². The maximum Gasteiger partial charge on any atom is 0.0409 e. The second-order valence-electron chi connectivity index (χ2n) is 6.33. The van der Waals surface area contributed by atoms with Gasteiger partial charge in [0.2, 0.25) is 0 Å². The van der Waals surface area contributed by atoms with Gasteiger partial charge in [-0.15, -0.1) is 0 Å². The number of hydrogen-bond donors (Lipinski definition) is 1. The Kier molecular flexibility index (Phi) is 7.10. The van der Waals surface area contributed by atoms with Crippen LogP contribution in [0.4, 0.5) is 0 Å². The van der Waals surface area contributed by atoms with Crippen LogP contribution in [0, 0.1) is 5.92 Å². The molecule has 0 fully saturated rings. The molecule has 1 unspecified atom stereocenters. The first-order valence-electron chi connectivity index (χ1n) is 8.35. The Morgan fingerprint density at radius 2 is 1.65 bits per heavy atom. The molecule has 2 N–H and O–H groups in total. The lowest BCUT2D eigenvalue weighted by atomic mass is 10.1. The fourth-order valence-electron chi connectivity index (χ4n) is 2.69. The highest BCUT2D eigenvalue weighted by atomic mass is 35.5. The molecule has 0 radical (unpaired) electrons. The van der Waals surface area contributed by atoms with Crippen LogP contribution in [-0.2, 0) is 19.6 Å². The summed E-state index contributed by atoms with van der Waals surface area (Å²) in [5.41, 5.74) is 9.45. The van der Waals surface area contributed by atoms with E-state index >= 15 is 0 Å². The molecule has 0 saturated carbocycles. The fourth-order valence-corrected chi connectivity index (χ4v) is 2.90. The number of rotatable bonds is 8. The molecule has 0 saturated heterocycles. The molecular weight excluding hydrogens is 304 g/mol. The van der Waals surface area contributed by atoms with Crippen molar-refractivity contribution in [3.63, 3.8) is 0 Å². The van der Waals surface area contributed by atoms with Crippen molar-refractivity contribution in [1.82, 2.24) is 4.90 Å². The van der Waals surface area contributed by atoms with Gasteiger partial charge in [0, 0.05) is 31.2 Å². The van der Waals surface area contributed by atoms with Gasteiger partial charge in [-0.2, -0.15) is 0 Å². The van der Waals surface area contributed by atoms with Crippen LogP contribution in [0.25, 0.3) is 0 Å². The standard InChI is InChI=1S/C20H27ClN2/c1-3-16(2)13-23(15-19-5-4-6-20(21)11-19)14-18-9-7-17(12-22)8-10-18/h4-11,16H,3,12-15,22H2,1-2H3. The number of halogens is 1. The second-order valence-corrected chi connectivity index (χ2v) is 6.77. The van der Waals surface area contributed by atoms with Crippen molar-refractivity contribution in [2.24, 2.45) is 11.7 Å². The Labute approximate surface area is 145 Å². The van der Waals surface area contributed by atoms with Gasteiger partial charge < -0.3 is 5.73 Å². The van der Waals surface area contributed by atoms with Crippen molar-refractivity contribution < 1.29 is 0 Å². The average Bonchev–Trinajstić information content (AvgIpc) is 2.55. The van der Waals surface area contributed by atoms with Crippen LogP contribution >= 0.6 is 11.6 Å². The van der Waals surface area contributed by atoms with E-state index in [1.807, 2.05) is 12.1 Å². The van der Waals surface area contributed by atoms with Gasteiger partial charge in [-0.1, -0.05) is 68.3 Å². The number of nitrogens with two attached hydrogens (primary N) is 1. The van der Waals surface area contributed by atoms with Crippen molar-refractivity contribution in [1.29, 1.82) is 0 Å². The molecule has 0 aromatic heterocycles. The van der Waals surface area contributed by atoms with Gasteiger partial charge in [0.05, 0.1) is 0 Å². The molecule has 124 valence electrons. The topological polar surface area (TPSA) is 29.3 Å². The van der Waals surface area contributed by atoms with Gasteiger partial charge >= 0.3 is 0 Å². The van der Waals surface area contributed by atoms with Gasteiger partial charge in [-0.3, -0.25) is 4.90 Å². The predicted octanol–water partition coefficient (Wildman–Crippen LogP) is 4.85. The molecule has 0 heterocycles. The highest BCUT2D eigenvalue weighted by Gasteiger charge is 2.11. The van der Waals surface area contributed by atoms with Crippen LogP contribution in [-0.4, -0.2) is 11.4 Å². The van der Waals surface area contributed by atoms with Crippen LogP contribution in [0.1, 0.15) is 37.0 Å². The highest BCUT2D eigenvalue weighted by Crippen LogP contribution is 2.17. The van der Waals surface area contributed by atoms with Crippen LogP contribution in [0.3, 0.4) is 0 Å². The summed E-state index contributed by atoms with van der Waals surface area (Å²) >= 11 is 6.12. The highest BCUT2D eigenvalue weighted by molar-refractivity contribution is 6.30. The van der Waals surface area contributed by atoms with Crippen molar-refractivity contribution in [3.8, 4) is 0 Å². The minimum absolute atomic E-state index is 0.597. The average molecular weight is 331 g/mol. The molecule has 0 spiro atoms. The minimum atomic E-state index is 0.597. The summed E-state index contributed by atoms with van der Waals surface area (Å²) in [4.78, 5) is 2.50. The molecule has 3 heteroatoms. The molecule has 0 aliphatic heterocycles. The lowest BCUT2D eigenvalue weighted by Crippen LogP contribution is -2.27. The van der Waals surface area contributed by atoms with Crippen molar-refractivity contribution in [2.75, 3.05) is 6.54 Å². The van der Waals surface area contributed by atoms with Gasteiger partial charge in [0.1, 0.15) is 0 Å². The number of nitrogens with zero attached hydrogens (tertiary/aromatic N) is 1. The van der Waals surface area contributed by atoms with Crippen LogP contribution in [0.2, 0.25) is 5.02 Å². The molecule has 0 amide bonds. The second kappa shape index (κ2) is 9.07. The minimum Gasteiger partial charge on any atom is -0.326 e. The molecular formula is C20H27ClN2. The molecule has 1 atom stereocenters. The zero-order valence-corrected chi connectivity index (χ0v) is 14.9. The van der Waals surface area contributed by atoms with E-state index in [1.54, 1.807) is 0 Å². The summed E-state index contributed by atoms with van der Waals surface area (Å²) < 4.78 is 0. The van der Waals surface area contributed by atoms with Crippen LogP contribution in [0.5, 0.6) is 0 Å². The smallest absolute Gasteiger partial charge is 0.0409 e. The first kappa shape index (κ1) is 18.0. The van der Waals surface area contributed by atoms with Gasteiger partial charge in [0.25, 0.3) is 0 Å². The summed E-state index contributed by atoms with van der Waals surface area (Å²) in [5.74, 6) is 0.678. The van der Waals surface area contributed by atoms with Crippen molar-refractivity contribution >= 4 is 11.6 Å². The lowest BCUT2D eigenvalue weighted by molar-refractivity contribution is 0.218. The van der Waals surface area contributed by atoms with E-state index in [9.17, 15) is 0 Å². The summed E-state index contributed by atoms with van der Waals surface area (Å²) in [6.45, 7) is 8.10. The van der Waals surface area contributed by atoms with Crippen molar-refractivity contribution in [2.45, 2.75) is 39.9 Å². The maximum atomic E-state index is 6.12. The zero-order valence-electron chi connectivity index (χ0n) is 14.1. The summed E-state index contributed by atoms with van der Waals surface area (Å²) in [6.07, 6.45) is 1.19. The Morgan fingerprint density at radius 1 is 1.00 bits per heavy atom. The number of hydrogen-bond acceptors (Lipinski definition) is 2. The molecule has 2 nitrogen and oxygen atoms in total. The monoisotopic (exact) mass is 330 g/mol. The van der Waals surface area contributed by atoms with Crippen LogP contribution < -0.4 is 5.73 Å². The molecule has 2 aromatic carbocycles. The SMILES string of the molecule is CCC(C)CN(Cc1ccc(CN)cc1)Cc1cccc(Cl)c1. The summed E-state index contributed by atoms with van der Waals surface area (Å²) in [5, 5.41) is 0.804. The summed E-state index contributed by atoms with van der Waals surface area (Å²) in [6, 6.07) is 16.8. The first-order valence-corrected chi connectivity index (χ1v) is 8.73. The Hall–Kier alpha value is -1.35. The van der Waals surface area contributed by atoms with Gasteiger partial charge in [0.15, 0.2) is 0 Å². The van der Waals surface area contributed by atoms with E-state index in [2.05, 4.69) is 55.1 Å². The molecule has 2 rings (SSSR count). The van der Waals surface area contributed by atoms with E-state index in [0.29, 0.717) is 12.5 Å². The Morgan fingerprint density at radius 3 is 2.26 bits per heavy atom. The van der Waals surface area contributed by atoms with E-state index < -0.39 is 0 Å². The first-order chi connectivity index (χ1) is 11.1. The van der Waals surface area contributed by atoms with Crippen LogP contribution in [0.15, 0.2) is 48.5 Å². The van der Waals surface area contributed by atoms with E-state index in [1.165, 1.54) is 23.1 Å². The third-order valence-electron chi connectivity index (χ3n) is 4.23. The van der Waals surface area contributed by atoms with Gasteiger partial charge in [-0.05, 0) is 34.7 Å². The molecule has 0 bridgehead atoms. The normalized spacial score (nSPS) is 12.6. The molecule has 2 aromatic rings. The van der Waals surface area contributed by atoms with E-state index in [0.717, 1.165) is 24.7 Å². The third kappa shape index (κ3) is 5.98. The summed E-state index contributed by atoms with van der Waals surface area (Å²) in [7, 11) is 0. The molecule has 23 heavy (non-hydrogen) atoms. The Bertz CT molecular complexity index is 595. The quantitative estimate of drug-likeness (QED) is 0.749. The van der Waals surface area contributed by atoms with E-state index in [-0.39, 0.29) is 0 Å². The largest absolute Gasteiger partial charge is 0.326 e. The number of benzene rings is 2. The Balaban J connectivity index is 2.09. The molecule has 0 aliphatic rings. The lowest BCUT2D eigenvalue weighted by Gasteiger charge is -2.25. The van der Waals surface area contributed by atoms with Crippen molar-refractivity contribution in [3.05, 3.63) is 70.2 Å². The fraction of sp³-hybridized carbons (Fsp3) is 0.400. The maximum absolute atomic E-state index is 6.12. The predicted molar refractivity (Wildman–Crippen MR) is 99.4 cm³/mol. The molecule has 0 aliphatic carbocycles. The third-order valence-corrected chi connectivity index (χ3v) is 4.46.